The lowest BCUT2D eigenvalue weighted by Crippen LogP contribution is -2.42. The van der Waals surface area contributed by atoms with Crippen LogP contribution >= 0.6 is 0 Å². The third-order valence-electron chi connectivity index (χ3n) is 3.53. The Hall–Kier alpha value is -2.16. The zero-order valence-electron chi connectivity index (χ0n) is 11.7. The molecule has 1 unspecified atom stereocenters. The highest BCUT2D eigenvalue weighted by Crippen LogP contribution is 2.15. The first-order valence-corrected chi connectivity index (χ1v) is 7.08. The van der Waals surface area contributed by atoms with Gasteiger partial charge in [-0.1, -0.05) is 0 Å². The van der Waals surface area contributed by atoms with Gasteiger partial charge in [0.2, 0.25) is 23.8 Å². The number of hydrogen-bond donors (Lipinski definition) is 3. The van der Waals surface area contributed by atoms with E-state index >= 15 is 0 Å². The first kappa shape index (κ1) is 13.8. The zero-order chi connectivity index (χ0) is 14.7. The van der Waals surface area contributed by atoms with Crippen LogP contribution in [-0.2, 0) is 9.53 Å². The summed E-state index contributed by atoms with van der Waals surface area (Å²) in [5.41, 5.74) is 5.76. The number of amides is 1. The number of carbonyl (C=O) groups is 1. The van der Waals surface area contributed by atoms with Crippen LogP contribution in [0.1, 0.15) is 12.8 Å². The predicted molar refractivity (Wildman–Crippen MR) is 76.9 cm³/mol. The number of aromatic nitrogens is 3. The molecule has 1 aromatic rings. The van der Waals surface area contributed by atoms with Crippen molar-refractivity contribution in [2.45, 2.75) is 18.9 Å². The molecular weight excluding hydrogens is 274 g/mol. The normalized spacial score (nSPS) is 22.8. The van der Waals surface area contributed by atoms with Crippen LogP contribution in [0.4, 0.5) is 17.8 Å². The van der Waals surface area contributed by atoms with Crippen LogP contribution < -0.4 is 21.3 Å². The van der Waals surface area contributed by atoms with E-state index in [1.807, 2.05) is 4.90 Å². The Labute approximate surface area is 122 Å². The van der Waals surface area contributed by atoms with E-state index in [4.69, 9.17) is 10.5 Å². The number of nitrogens with zero attached hydrogens (tertiary/aromatic N) is 4. The molecule has 3 rings (SSSR count). The average Bonchev–Trinajstić information content (AvgIpc) is 2.50. The molecule has 9 heteroatoms. The van der Waals surface area contributed by atoms with Crippen molar-refractivity contribution in [2.75, 3.05) is 48.8 Å². The maximum absolute atomic E-state index is 11.2. The summed E-state index contributed by atoms with van der Waals surface area (Å²) in [7, 11) is 0. The second-order valence-corrected chi connectivity index (χ2v) is 5.10. The minimum atomic E-state index is 0.0808. The smallest absolute Gasteiger partial charge is 0.232 e. The maximum Gasteiger partial charge on any atom is 0.232 e. The summed E-state index contributed by atoms with van der Waals surface area (Å²) in [6, 6.07) is 0.113. The molecule has 114 valence electrons. The van der Waals surface area contributed by atoms with Crippen LogP contribution in [-0.4, -0.2) is 59.7 Å². The minimum Gasteiger partial charge on any atom is -0.378 e. The number of anilines is 3. The number of nitrogens with two attached hydrogens (primary N) is 1. The van der Waals surface area contributed by atoms with Gasteiger partial charge in [0.25, 0.3) is 0 Å². The molecule has 2 aliphatic heterocycles. The van der Waals surface area contributed by atoms with Crippen molar-refractivity contribution >= 4 is 23.8 Å². The summed E-state index contributed by atoms with van der Waals surface area (Å²) >= 11 is 0. The van der Waals surface area contributed by atoms with E-state index in [2.05, 4.69) is 25.6 Å². The highest BCUT2D eigenvalue weighted by atomic mass is 16.5. The second-order valence-electron chi connectivity index (χ2n) is 5.10. The lowest BCUT2D eigenvalue weighted by molar-refractivity contribution is -0.122. The van der Waals surface area contributed by atoms with Crippen molar-refractivity contribution in [3.8, 4) is 0 Å². The standard InChI is InChI=1S/C12H19N7O2/c13-10-16-11(15-8-1-2-9(20)14-7-8)18-12(17-10)19-3-5-21-6-4-19/h8H,1-7H2,(H,14,20)(H3,13,15,16,17,18). The van der Waals surface area contributed by atoms with Gasteiger partial charge >= 0.3 is 0 Å². The summed E-state index contributed by atoms with van der Waals surface area (Å²) in [5, 5.41) is 6.02. The molecule has 0 radical (unpaired) electrons. The van der Waals surface area contributed by atoms with Crippen LogP contribution in [0.3, 0.4) is 0 Å². The average molecular weight is 293 g/mol. The molecular formula is C12H19N7O2. The van der Waals surface area contributed by atoms with E-state index in [1.165, 1.54) is 0 Å². The van der Waals surface area contributed by atoms with Gasteiger partial charge in [-0.05, 0) is 6.42 Å². The van der Waals surface area contributed by atoms with E-state index in [0.717, 1.165) is 19.5 Å². The van der Waals surface area contributed by atoms with E-state index < -0.39 is 0 Å². The van der Waals surface area contributed by atoms with E-state index in [9.17, 15) is 4.79 Å². The van der Waals surface area contributed by atoms with Crippen molar-refractivity contribution in [3.63, 3.8) is 0 Å². The van der Waals surface area contributed by atoms with Gasteiger partial charge in [0, 0.05) is 32.1 Å². The van der Waals surface area contributed by atoms with E-state index in [0.29, 0.717) is 38.1 Å². The molecule has 1 atom stereocenters. The van der Waals surface area contributed by atoms with Crippen LogP contribution in [0.2, 0.25) is 0 Å². The van der Waals surface area contributed by atoms with Gasteiger partial charge in [-0.2, -0.15) is 15.0 Å². The number of ether oxygens (including phenoxy) is 1. The van der Waals surface area contributed by atoms with Crippen LogP contribution in [0, 0.1) is 0 Å². The lowest BCUT2D eigenvalue weighted by Gasteiger charge is -2.27. The molecule has 4 N–H and O–H groups in total. The second kappa shape index (κ2) is 6.08. The molecule has 0 aromatic carbocycles. The first-order chi connectivity index (χ1) is 10.2. The fourth-order valence-corrected chi connectivity index (χ4v) is 2.39. The number of carbonyl (C=O) groups excluding carboxylic acids is 1. The summed E-state index contributed by atoms with van der Waals surface area (Å²) < 4.78 is 5.31. The molecule has 3 heterocycles. The van der Waals surface area contributed by atoms with Gasteiger partial charge < -0.3 is 26.0 Å². The summed E-state index contributed by atoms with van der Waals surface area (Å²) in [6.45, 7) is 3.36. The van der Waals surface area contributed by atoms with Crippen LogP contribution in [0.15, 0.2) is 0 Å². The Morgan fingerprint density at radius 2 is 2.10 bits per heavy atom. The highest BCUT2D eigenvalue weighted by molar-refractivity contribution is 5.76. The van der Waals surface area contributed by atoms with Gasteiger partial charge in [0.15, 0.2) is 0 Å². The fraction of sp³-hybridized carbons (Fsp3) is 0.667. The maximum atomic E-state index is 11.2. The molecule has 2 fully saturated rings. The third kappa shape index (κ3) is 3.48. The quantitative estimate of drug-likeness (QED) is 0.648. The Morgan fingerprint density at radius 3 is 2.81 bits per heavy atom. The summed E-state index contributed by atoms with van der Waals surface area (Å²) in [5.74, 6) is 1.28. The van der Waals surface area contributed by atoms with Crippen molar-refractivity contribution in [2.24, 2.45) is 0 Å². The van der Waals surface area contributed by atoms with Gasteiger partial charge in [0.1, 0.15) is 0 Å². The number of nitrogen functional groups attached to an aromatic ring is 1. The zero-order valence-corrected chi connectivity index (χ0v) is 11.7. The number of morpholine rings is 1. The van der Waals surface area contributed by atoms with Crippen molar-refractivity contribution < 1.29 is 9.53 Å². The number of hydrogen-bond acceptors (Lipinski definition) is 8. The molecule has 0 aliphatic carbocycles. The minimum absolute atomic E-state index is 0.0808. The largest absolute Gasteiger partial charge is 0.378 e. The first-order valence-electron chi connectivity index (χ1n) is 7.08. The number of nitrogens with one attached hydrogen (secondary N) is 2. The molecule has 1 aromatic heterocycles. The van der Waals surface area contributed by atoms with Gasteiger partial charge in [-0.15, -0.1) is 0 Å². The van der Waals surface area contributed by atoms with Gasteiger partial charge in [-0.3, -0.25) is 4.79 Å². The number of piperidine rings is 1. The predicted octanol–water partition coefficient (Wildman–Crippen LogP) is -1.02. The number of rotatable bonds is 3. The Bertz CT molecular complexity index is 508. The fourth-order valence-electron chi connectivity index (χ4n) is 2.39. The molecule has 0 bridgehead atoms. The monoisotopic (exact) mass is 293 g/mol. The van der Waals surface area contributed by atoms with Crippen molar-refractivity contribution in [3.05, 3.63) is 0 Å². The molecule has 9 nitrogen and oxygen atoms in total. The van der Waals surface area contributed by atoms with Gasteiger partial charge in [-0.25, -0.2) is 0 Å². The Balaban J connectivity index is 1.70. The van der Waals surface area contributed by atoms with Crippen molar-refractivity contribution in [1.82, 2.24) is 20.3 Å². The molecule has 0 saturated carbocycles. The summed E-state index contributed by atoms with van der Waals surface area (Å²) in [6.07, 6.45) is 1.26. The Morgan fingerprint density at radius 1 is 1.29 bits per heavy atom. The highest BCUT2D eigenvalue weighted by Gasteiger charge is 2.20. The Kier molecular flexibility index (Phi) is 4.00. The van der Waals surface area contributed by atoms with E-state index in [1.54, 1.807) is 0 Å². The third-order valence-corrected chi connectivity index (χ3v) is 3.53. The molecule has 2 saturated heterocycles. The SMILES string of the molecule is Nc1nc(NC2CCC(=O)NC2)nc(N2CCOCC2)n1. The molecule has 1 amide bonds. The van der Waals surface area contributed by atoms with Crippen molar-refractivity contribution in [1.29, 1.82) is 0 Å². The topological polar surface area (TPSA) is 118 Å². The van der Waals surface area contributed by atoms with E-state index in [-0.39, 0.29) is 17.9 Å². The molecule has 0 spiro atoms. The van der Waals surface area contributed by atoms with Gasteiger partial charge in [0.05, 0.1) is 13.2 Å². The molecule has 2 aliphatic rings. The lowest BCUT2D eigenvalue weighted by atomic mass is 10.1. The van der Waals surface area contributed by atoms with Crippen LogP contribution in [0.5, 0.6) is 0 Å². The molecule has 21 heavy (non-hydrogen) atoms. The van der Waals surface area contributed by atoms with Crippen LogP contribution in [0.25, 0.3) is 0 Å². The summed E-state index contributed by atoms with van der Waals surface area (Å²) in [4.78, 5) is 25.9.